The van der Waals surface area contributed by atoms with Crippen molar-refractivity contribution >= 4 is 49.4 Å². The van der Waals surface area contributed by atoms with Gasteiger partial charge in [0.25, 0.3) is 0 Å². The van der Waals surface area contributed by atoms with Crippen LogP contribution in [-0.4, -0.2) is 0 Å². The van der Waals surface area contributed by atoms with Crippen LogP contribution >= 0.6 is 0 Å². The molecule has 0 saturated carbocycles. The molecule has 14 rings (SSSR count). The third kappa shape index (κ3) is 7.00. The molecule has 0 unspecified atom stereocenters. The second kappa shape index (κ2) is 17.9. The Morgan fingerprint density at radius 1 is 0.243 bits per heavy atom. The average Bonchev–Trinajstić information content (AvgIpc) is 3.78. The predicted octanol–water partition coefficient (Wildman–Crippen LogP) is 19.6. The van der Waals surface area contributed by atoms with Crippen molar-refractivity contribution < 1.29 is 0 Å². The second-order valence-electron chi connectivity index (χ2n) is 19.5. The van der Waals surface area contributed by atoms with E-state index in [1.807, 2.05) is 0 Å². The summed E-state index contributed by atoms with van der Waals surface area (Å²) in [5.74, 6) is 0. The van der Waals surface area contributed by atoms with Gasteiger partial charge in [-0.25, -0.2) is 0 Å². The van der Waals surface area contributed by atoms with Crippen LogP contribution in [0.4, 0.5) is 17.1 Å². The van der Waals surface area contributed by atoms with Crippen LogP contribution in [0.25, 0.3) is 88.0 Å². The lowest BCUT2D eigenvalue weighted by molar-refractivity contribution is 0.768. The van der Waals surface area contributed by atoms with Gasteiger partial charge in [-0.1, -0.05) is 273 Å². The van der Waals surface area contributed by atoms with E-state index in [-0.39, 0.29) is 0 Å². The van der Waals surface area contributed by atoms with Gasteiger partial charge < -0.3 is 4.90 Å². The first-order valence-corrected chi connectivity index (χ1v) is 25.7. The maximum atomic E-state index is 2.56. The van der Waals surface area contributed by atoms with E-state index in [0.717, 1.165) is 22.6 Å². The van der Waals surface area contributed by atoms with Crippen LogP contribution in [-0.2, 0) is 5.41 Å². The number of rotatable bonds is 9. The highest BCUT2D eigenvalue weighted by Gasteiger charge is 2.46. The Labute approximate surface area is 432 Å². The maximum absolute atomic E-state index is 2.56. The van der Waals surface area contributed by atoms with E-state index in [9.17, 15) is 0 Å². The van der Waals surface area contributed by atoms with Crippen molar-refractivity contribution in [3.05, 3.63) is 320 Å². The van der Waals surface area contributed by atoms with E-state index >= 15 is 0 Å². The molecule has 1 nitrogen and oxygen atoms in total. The van der Waals surface area contributed by atoms with Crippen molar-refractivity contribution in [3.8, 4) is 55.6 Å². The molecular weight excluding hydrogens is 891 g/mol. The van der Waals surface area contributed by atoms with Gasteiger partial charge in [0.05, 0.1) is 11.1 Å². The Morgan fingerprint density at radius 3 is 1.26 bits per heavy atom. The summed E-state index contributed by atoms with van der Waals surface area (Å²) in [5, 5.41) is 7.29. The van der Waals surface area contributed by atoms with Crippen LogP contribution in [0.3, 0.4) is 0 Å². The molecule has 74 heavy (non-hydrogen) atoms. The van der Waals surface area contributed by atoms with Gasteiger partial charge >= 0.3 is 0 Å². The van der Waals surface area contributed by atoms with E-state index in [1.165, 1.54) is 105 Å². The van der Waals surface area contributed by atoms with Gasteiger partial charge in [0, 0.05) is 22.3 Å². The Balaban J connectivity index is 0.996. The first kappa shape index (κ1) is 43.2. The minimum atomic E-state index is -0.569. The molecule has 0 spiro atoms. The molecule has 0 heterocycles. The number of hydrogen-bond acceptors (Lipinski definition) is 1. The second-order valence-corrected chi connectivity index (χ2v) is 19.5. The van der Waals surface area contributed by atoms with Gasteiger partial charge in [-0.2, -0.15) is 0 Å². The largest absolute Gasteiger partial charge is 0.309 e. The Bertz CT molecular complexity index is 4150. The first-order valence-electron chi connectivity index (χ1n) is 25.7. The average molecular weight is 940 g/mol. The zero-order chi connectivity index (χ0) is 49.0. The van der Waals surface area contributed by atoms with Crippen molar-refractivity contribution in [1.82, 2.24) is 0 Å². The maximum Gasteiger partial charge on any atom is 0.0714 e. The van der Waals surface area contributed by atoms with Crippen molar-refractivity contribution in [1.29, 1.82) is 0 Å². The molecule has 346 valence electrons. The molecule has 0 bridgehead atoms. The molecule has 0 atom stereocenters. The normalized spacial score (nSPS) is 12.4. The Kier molecular flexibility index (Phi) is 10.5. The molecule has 0 radical (unpaired) electrons. The van der Waals surface area contributed by atoms with Crippen LogP contribution in [0.1, 0.15) is 22.3 Å². The molecule has 1 aliphatic carbocycles. The summed E-state index contributed by atoms with van der Waals surface area (Å²) >= 11 is 0. The zero-order valence-corrected chi connectivity index (χ0v) is 40.7. The summed E-state index contributed by atoms with van der Waals surface area (Å²) < 4.78 is 0. The number of fused-ring (bicyclic) bond motifs is 7. The summed E-state index contributed by atoms with van der Waals surface area (Å²) in [4.78, 5) is 2.56. The van der Waals surface area contributed by atoms with Crippen molar-refractivity contribution in [3.63, 3.8) is 0 Å². The van der Waals surface area contributed by atoms with Crippen molar-refractivity contribution in [2.75, 3.05) is 4.90 Å². The molecule has 13 aromatic carbocycles. The molecule has 0 aliphatic heterocycles. The van der Waals surface area contributed by atoms with E-state index in [2.05, 4.69) is 302 Å². The van der Waals surface area contributed by atoms with Crippen LogP contribution in [0.15, 0.2) is 297 Å². The first-order chi connectivity index (χ1) is 36.7. The number of benzene rings is 13. The minimum Gasteiger partial charge on any atom is -0.309 e. The Hall–Kier alpha value is -9.56. The summed E-state index contributed by atoms with van der Waals surface area (Å²) in [5.41, 5.74) is 19.9. The van der Waals surface area contributed by atoms with Gasteiger partial charge in [-0.3, -0.25) is 0 Å². The zero-order valence-electron chi connectivity index (χ0n) is 40.7. The van der Waals surface area contributed by atoms with E-state index in [1.54, 1.807) is 0 Å². The third-order valence-electron chi connectivity index (χ3n) is 15.6. The van der Waals surface area contributed by atoms with E-state index in [0.29, 0.717) is 0 Å². The van der Waals surface area contributed by atoms with E-state index in [4.69, 9.17) is 0 Å². The molecular formula is C73H49N. The number of anilines is 3. The SMILES string of the molecule is c1ccc(-c2ccc(-c3ccc(-c4ccc(N(c5ccc6c(c5)C(c5ccccc5)(c5ccccc5)c5ccccc5-6)c5c(-c6cccc7ccccc67)c6ccccc6c6ccccc56)cc4)cc3)cc2)cc1. The van der Waals surface area contributed by atoms with Crippen LogP contribution in [0.5, 0.6) is 0 Å². The number of nitrogens with zero attached hydrogens (tertiary/aromatic N) is 1. The fourth-order valence-electron chi connectivity index (χ4n) is 12.2. The third-order valence-corrected chi connectivity index (χ3v) is 15.6. The fourth-order valence-corrected chi connectivity index (χ4v) is 12.2. The van der Waals surface area contributed by atoms with Gasteiger partial charge in [-0.15, -0.1) is 0 Å². The van der Waals surface area contributed by atoms with Gasteiger partial charge in [0.15, 0.2) is 0 Å². The number of hydrogen-bond donors (Lipinski definition) is 0. The predicted molar refractivity (Wildman–Crippen MR) is 313 cm³/mol. The molecule has 0 fully saturated rings. The van der Waals surface area contributed by atoms with E-state index < -0.39 is 5.41 Å². The molecule has 1 aliphatic rings. The fraction of sp³-hybridized carbons (Fsp3) is 0.0137. The molecule has 0 amide bonds. The monoisotopic (exact) mass is 939 g/mol. The van der Waals surface area contributed by atoms with Crippen molar-refractivity contribution in [2.24, 2.45) is 0 Å². The van der Waals surface area contributed by atoms with Gasteiger partial charge in [0.1, 0.15) is 0 Å². The highest BCUT2D eigenvalue weighted by atomic mass is 15.1. The summed E-state index contributed by atoms with van der Waals surface area (Å²) in [6.45, 7) is 0. The van der Waals surface area contributed by atoms with Crippen LogP contribution in [0, 0.1) is 0 Å². The molecule has 0 N–H and O–H groups in total. The van der Waals surface area contributed by atoms with Crippen LogP contribution < -0.4 is 4.90 Å². The van der Waals surface area contributed by atoms with Gasteiger partial charge in [0.2, 0.25) is 0 Å². The van der Waals surface area contributed by atoms with Crippen molar-refractivity contribution in [2.45, 2.75) is 5.41 Å². The minimum absolute atomic E-state index is 0.569. The lowest BCUT2D eigenvalue weighted by atomic mass is 9.67. The molecule has 13 aromatic rings. The smallest absolute Gasteiger partial charge is 0.0714 e. The topological polar surface area (TPSA) is 3.24 Å². The molecule has 0 aromatic heterocycles. The summed E-state index contributed by atoms with van der Waals surface area (Å²) in [7, 11) is 0. The lowest BCUT2D eigenvalue weighted by Crippen LogP contribution is -2.28. The Morgan fingerprint density at radius 2 is 0.649 bits per heavy atom. The van der Waals surface area contributed by atoms with Gasteiger partial charge in [-0.05, 0) is 124 Å². The summed E-state index contributed by atoms with van der Waals surface area (Å²) in [6.07, 6.45) is 0. The lowest BCUT2D eigenvalue weighted by Gasteiger charge is -2.35. The summed E-state index contributed by atoms with van der Waals surface area (Å²) in [6, 6.07) is 110. The standard InChI is InChI=1S/C73H49N/c1-4-19-50(20-5-1)51-35-37-52(38-36-51)53-39-41-54(42-40-53)55-43-45-59(46-44-55)74(72-68-32-15-13-29-63(68)62-28-12-14-31-67(62)71(72)66-33-18-22-56-21-10-11-27-61(56)66)60-47-48-65-64-30-16-17-34-69(64)73(70(65)49-60,57-23-6-2-7-24-57)58-25-8-3-9-26-58/h1-49H. The quantitative estimate of drug-likeness (QED) is 0.130. The molecule has 1 heteroatoms. The van der Waals surface area contributed by atoms with Crippen LogP contribution in [0.2, 0.25) is 0 Å². The highest BCUT2D eigenvalue weighted by Crippen LogP contribution is 2.58. The highest BCUT2D eigenvalue weighted by molar-refractivity contribution is 6.24. The molecule has 0 saturated heterocycles.